The monoisotopic (exact) mass is 413 g/mol. The molecule has 5 nitrogen and oxygen atoms in total. The molecule has 0 amide bonds. The number of esters is 1. The van der Waals surface area contributed by atoms with E-state index in [1.807, 2.05) is 6.92 Å². The first-order valence-electron chi connectivity index (χ1n) is 9.27. The lowest BCUT2D eigenvalue weighted by Crippen LogP contribution is -2.60. The number of methoxy groups -OCH3 is 1. The highest BCUT2D eigenvalue weighted by Crippen LogP contribution is 2.28. The molecule has 0 aliphatic rings. The Hall–Kier alpha value is -2.97. The minimum Gasteiger partial charge on any atom is -0.497 e. The van der Waals surface area contributed by atoms with E-state index in [2.05, 4.69) is 11.8 Å². The second-order valence-electron chi connectivity index (χ2n) is 6.19. The summed E-state index contributed by atoms with van der Waals surface area (Å²) < 4.78 is 10.5. The Morgan fingerprint density at radius 2 is 1.69 bits per heavy atom. The standard InChI is InChI=1S/C23H24ClNO4/c1-5-25(20-11-13-21(28-4)14-12-20)23(17(3)26,22(27)29-6-2)16-15-18-7-9-19(24)10-8-18/h7-14H,5-6H2,1-4H3. The molecule has 0 saturated heterocycles. The van der Waals surface area contributed by atoms with Crippen molar-refractivity contribution in [2.75, 3.05) is 25.2 Å². The number of rotatable bonds is 7. The second-order valence-corrected chi connectivity index (χ2v) is 6.62. The second kappa shape index (κ2) is 9.99. The maximum Gasteiger partial charge on any atom is 0.352 e. The fourth-order valence-corrected chi connectivity index (χ4v) is 3.08. The molecule has 1 atom stereocenters. The molecule has 0 radical (unpaired) electrons. The topological polar surface area (TPSA) is 55.8 Å². The number of halogens is 1. The van der Waals surface area contributed by atoms with E-state index in [0.29, 0.717) is 28.6 Å². The molecule has 152 valence electrons. The van der Waals surface area contributed by atoms with Gasteiger partial charge in [0.15, 0.2) is 5.78 Å². The molecule has 6 heteroatoms. The normalized spacial score (nSPS) is 12.2. The van der Waals surface area contributed by atoms with Crippen LogP contribution in [0.3, 0.4) is 0 Å². The van der Waals surface area contributed by atoms with E-state index in [0.717, 1.165) is 0 Å². The summed E-state index contributed by atoms with van der Waals surface area (Å²) in [5.74, 6) is 5.40. The van der Waals surface area contributed by atoms with Crippen molar-refractivity contribution in [3.05, 3.63) is 59.1 Å². The summed E-state index contributed by atoms with van der Waals surface area (Å²) in [6.07, 6.45) is 0. The third-order valence-corrected chi connectivity index (χ3v) is 4.67. The van der Waals surface area contributed by atoms with Gasteiger partial charge in [-0.25, -0.2) is 4.79 Å². The quantitative estimate of drug-likeness (QED) is 0.388. The Labute approximate surface area is 176 Å². The van der Waals surface area contributed by atoms with Gasteiger partial charge in [-0.15, -0.1) is 0 Å². The van der Waals surface area contributed by atoms with Gasteiger partial charge in [0.1, 0.15) is 5.75 Å². The number of nitrogens with zero attached hydrogens (tertiary/aromatic N) is 1. The Kier molecular flexibility index (Phi) is 7.69. The van der Waals surface area contributed by atoms with Gasteiger partial charge in [-0.05, 0) is 75.2 Å². The van der Waals surface area contributed by atoms with Crippen LogP contribution in [0.4, 0.5) is 5.69 Å². The van der Waals surface area contributed by atoms with Crippen molar-refractivity contribution in [1.82, 2.24) is 0 Å². The van der Waals surface area contributed by atoms with Gasteiger partial charge in [-0.1, -0.05) is 17.5 Å². The van der Waals surface area contributed by atoms with Crippen LogP contribution in [0, 0.1) is 11.8 Å². The zero-order valence-electron chi connectivity index (χ0n) is 17.0. The van der Waals surface area contributed by atoms with Crippen LogP contribution in [0.5, 0.6) is 5.75 Å². The number of benzene rings is 2. The van der Waals surface area contributed by atoms with Crippen molar-refractivity contribution in [3.8, 4) is 17.6 Å². The molecule has 1 unspecified atom stereocenters. The summed E-state index contributed by atoms with van der Waals surface area (Å²) in [6.45, 7) is 5.39. The van der Waals surface area contributed by atoms with Crippen molar-refractivity contribution < 1.29 is 19.1 Å². The van der Waals surface area contributed by atoms with Crippen LogP contribution < -0.4 is 9.64 Å². The summed E-state index contributed by atoms with van der Waals surface area (Å²) in [5.41, 5.74) is -0.490. The van der Waals surface area contributed by atoms with Crippen LogP contribution in [0.15, 0.2) is 48.5 Å². The molecular formula is C23H24ClNO4. The Balaban J connectivity index is 2.64. The van der Waals surface area contributed by atoms with E-state index in [4.69, 9.17) is 21.1 Å². The molecule has 0 aliphatic heterocycles. The minimum absolute atomic E-state index is 0.136. The van der Waals surface area contributed by atoms with E-state index in [9.17, 15) is 9.59 Å². The molecule has 2 aromatic rings. The van der Waals surface area contributed by atoms with Crippen LogP contribution in [0.2, 0.25) is 5.02 Å². The maximum absolute atomic E-state index is 13.0. The Morgan fingerprint density at radius 3 is 2.17 bits per heavy atom. The largest absolute Gasteiger partial charge is 0.497 e. The molecule has 0 aromatic heterocycles. The molecule has 0 fully saturated rings. The fourth-order valence-electron chi connectivity index (χ4n) is 2.96. The highest BCUT2D eigenvalue weighted by Gasteiger charge is 2.49. The Morgan fingerprint density at radius 1 is 1.07 bits per heavy atom. The van der Waals surface area contributed by atoms with Gasteiger partial charge in [0.25, 0.3) is 5.54 Å². The zero-order valence-corrected chi connectivity index (χ0v) is 17.7. The first-order chi connectivity index (χ1) is 13.9. The molecule has 0 bridgehead atoms. The van der Waals surface area contributed by atoms with Crippen molar-refractivity contribution in [3.63, 3.8) is 0 Å². The zero-order chi connectivity index (χ0) is 21.4. The molecule has 29 heavy (non-hydrogen) atoms. The SMILES string of the molecule is CCOC(=O)C(C#Cc1ccc(Cl)cc1)(C(C)=O)N(CC)c1ccc(OC)cc1. The predicted molar refractivity (Wildman–Crippen MR) is 114 cm³/mol. The number of ether oxygens (including phenoxy) is 2. The van der Waals surface area contributed by atoms with Gasteiger partial charge in [-0.3, -0.25) is 4.79 Å². The smallest absolute Gasteiger partial charge is 0.352 e. The Bertz CT molecular complexity index is 913. The number of carbonyl (C=O) groups excluding carboxylic acids is 2. The third-order valence-electron chi connectivity index (χ3n) is 4.42. The van der Waals surface area contributed by atoms with Gasteiger partial charge in [0.2, 0.25) is 0 Å². The average Bonchev–Trinajstić information content (AvgIpc) is 2.72. The lowest BCUT2D eigenvalue weighted by molar-refractivity contribution is -0.150. The van der Waals surface area contributed by atoms with Gasteiger partial charge < -0.3 is 14.4 Å². The maximum atomic E-state index is 13.0. The number of hydrogen-bond donors (Lipinski definition) is 0. The number of carbonyl (C=O) groups is 2. The number of Topliss-reactive ketones (excluding diaryl/α,β-unsaturated/α-hetero) is 1. The molecule has 0 saturated carbocycles. The van der Waals surface area contributed by atoms with Gasteiger partial charge in [-0.2, -0.15) is 0 Å². The van der Waals surface area contributed by atoms with Crippen molar-refractivity contribution in [2.45, 2.75) is 26.3 Å². The van der Waals surface area contributed by atoms with Crippen LogP contribution in [-0.4, -0.2) is 37.6 Å². The van der Waals surface area contributed by atoms with Gasteiger partial charge in [0.05, 0.1) is 13.7 Å². The van der Waals surface area contributed by atoms with Crippen molar-refractivity contribution >= 4 is 29.0 Å². The fraction of sp³-hybridized carbons (Fsp3) is 0.304. The highest BCUT2D eigenvalue weighted by atomic mass is 35.5. The van der Waals surface area contributed by atoms with Crippen molar-refractivity contribution in [1.29, 1.82) is 0 Å². The van der Waals surface area contributed by atoms with E-state index >= 15 is 0 Å². The summed E-state index contributed by atoms with van der Waals surface area (Å²) in [4.78, 5) is 27.6. The van der Waals surface area contributed by atoms with E-state index in [1.54, 1.807) is 67.5 Å². The molecule has 0 N–H and O–H groups in total. The van der Waals surface area contributed by atoms with Crippen LogP contribution in [0.1, 0.15) is 26.3 Å². The number of hydrogen-bond acceptors (Lipinski definition) is 5. The molecule has 0 spiro atoms. The minimum atomic E-state index is -1.78. The van der Waals surface area contributed by atoms with Crippen molar-refractivity contribution in [2.24, 2.45) is 0 Å². The van der Waals surface area contributed by atoms with Gasteiger partial charge in [0, 0.05) is 22.8 Å². The average molecular weight is 414 g/mol. The lowest BCUT2D eigenvalue weighted by Gasteiger charge is -2.37. The number of anilines is 1. The molecule has 2 aromatic carbocycles. The predicted octanol–water partition coefficient (Wildman–Crippen LogP) is 4.12. The van der Waals surface area contributed by atoms with E-state index in [1.165, 1.54) is 6.92 Å². The van der Waals surface area contributed by atoms with Crippen LogP contribution >= 0.6 is 11.6 Å². The number of likely N-dealkylation sites (N-methyl/N-ethyl adjacent to an activating group) is 1. The third kappa shape index (κ3) is 4.90. The summed E-state index contributed by atoms with van der Waals surface area (Å²) in [6, 6.07) is 14.0. The molecule has 0 aliphatic carbocycles. The lowest BCUT2D eigenvalue weighted by atomic mass is 9.91. The molecular weight excluding hydrogens is 390 g/mol. The summed E-state index contributed by atoms with van der Waals surface area (Å²) >= 11 is 5.93. The first kappa shape index (κ1) is 22.3. The molecule has 0 heterocycles. The molecule has 2 rings (SSSR count). The first-order valence-corrected chi connectivity index (χ1v) is 9.65. The summed E-state index contributed by atoms with van der Waals surface area (Å²) in [7, 11) is 1.57. The van der Waals surface area contributed by atoms with Crippen LogP contribution in [-0.2, 0) is 14.3 Å². The summed E-state index contributed by atoms with van der Waals surface area (Å²) in [5, 5.41) is 0.576. The van der Waals surface area contributed by atoms with E-state index < -0.39 is 17.3 Å². The van der Waals surface area contributed by atoms with Crippen LogP contribution in [0.25, 0.3) is 0 Å². The highest BCUT2D eigenvalue weighted by molar-refractivity contribution is 6.30. The van der Waals surface area contributed by atoms with Gasteiger partial charge >= 0.3 is 5.97 Å². The number of ketones is 1. The van der Waals surface area contributed by atoms with E-state index in [-0.39, 0.29) is 6.61 Å².